The third kappa shape index (κ3) is 4.86. The number of alkyl halides is 1. The summed E-state index contributed by atoms with van der Waals surface area (Å²) in [5, 5.41) is 11.3. The first-order valence-electron chi connectivity index (χ1n) is 10.5. The first kappa shape index (κ1) is 22.7. The van der Waals surface area contributed by atoms with Crippen molar-refractivity contribution < 1.29 is 28.7 Å². The lowest BCUT2D eigenvalue weighted by atomic mass is 10.00. The number of aliphatic carboxylic acids is 1. The van der Waals surface area contributed by atoms with Crippen LogP contribution in [0.3, 0.4) is 0 Å². The minimum atomic E-state index is -1.47. The van der Waals surface area contributed by atoms with Gasteiger partial charge in [-0.05, 0) is 36.5 Å². The highest BCUT2D eigenvalue weighted by Gasteiger charge is 2.39. The largest absolute Gasteiger partial charge is 0.481 e. The van der Waals surface area contributed by atoms with E-state index < -0.39 is 42.8 Å². The molecular weight excluding hydrogens is 405 g/mol. The van der Waals surface area contributed by atoms with E-state index in [-0.39, 0.29) is 18.4 Å². The molecule has 2 aliphatic heterocycles. The number of nitrogens with one attached hydrogen (secondary N) is 1. The number of nitrogens with zero attached hydrogens (tertiary/aromatic N) is 2. The zero-order valence-corrected chi connectivity index (χ0v) is 17.8. The molecule has 0 aliphatic carbocycles. The lowest BCUT2D eigenvalue weighted by Gasteiger charge is -2.31. The average molecular weight is 433 g/mol. The lowest BCUT2D eigenvalue weighted by molar-refractivity contribution is -0.140. The molecule has 2 heterocycles. The van der Waals surface area contributed by atoms with E-state index >= 15 is 0 Å². The molecule has 0 radical (unpaired) electrons. The zero-order chi connectivity index (χ0) is 22.7. The molecular formula is C22H28FN3O5. The molecule has 1 aromatic rings. The van der Waals surface area contributed by atoms with Gasteiger partial charge in [0, 0.05) is 30.9 Å². The number of Topliss-reactive ketones (excluding diaryl/α,β-unsaturated/α-hetero) is 1. The van der Waals surface area contributed by atoms with Crippen molar-refractivity contribution >= 4 is 29.3 Å². The average Bonchev–Trinajstić information content (AvgIpc) is 3.35. The maximum Gasteiger partial charge on any atom is 0.305 e. The van der Waals surface area contributed by atoms with Crippen LogP contribution in [0.1, 0.15) is 49.0 Å². The van der Waals surface area contributed by atoms with Crippen LogP contribution in [0, 0.1) is 5.92 Å². The normalized spacial score (nSPS) is 17.6. The molecule has 2 N–H and O–H groups in total. The maximum atomic E-state index is 13.2. The van der Waals surface area contributed by atoms with Crippen molar-refractivity contribution in [3.8, 4) is 0 Å². The van der Waals surface area contributed by atoms with Crippen LogP contribution in [-0.2, 0) is 20.9 Å². The third-order valence-electron chi connectivity index (χ3n) is 5.85. The van der Waals surface area contributed by atoms with E-state index in [0.29, 0.717) is 5.56 Å². The fourth-order valence-electron chi connectivity index (χ4n) is 4.28. The standard InChI is InChI=1S/C22H28FN3O5/c1-13(2)20(21(30)24-17(10-19(28)29)18(27)11-23)26-12-14-5-6-15(9-16(14)22(26)31)25-7-3-4-8-25/h5-6,9,13,17,20H,3-4,7-8,10-12H2,1-2H3,(H,24,30)(H,28,29)/t17?,20-/m0/s1. The Morgan fingerprint density at radius 3 is 2.45 bits per heavy atom. The van der Waals surface area contributed by atoms with Gasteiger partial charge in [0.2, 0.25) is 5.91 Å². The number of rotatable bonds is 9. The quantitative estimate of drug-likeness (QED) is 0.615. The van der Waals surface area contributed by atoms with E-state index in [9.17, 15) is 23.6 Å². The summed E-state index contributed by atoms with van der Waals surface area (Å²) >= 11 is 0. The Morgan fingerprint density at radius 2 is 1.87 bits per heavy atom. The van der Waals surface area contributed by atoms with Crippen molar-refractivity contribution in [3.63, 3.8) is 0 Å². The monoisotopic (exact) mass is 433 g/mol. The molecule has 2 amide bonds. The van der Waals surface area contributed by atoms with Crippen LogP contribution < -0.4 is 10.2 Å². The van der Waals surface area contributed by atoms with E-state index in [2.05, 4.69) is 10.2 Å². The smallest absolute Gasteiger partial charge is 0.305 e. The van der Waals surface area contributed by atoms with Crippen molar-refractivity contribution in [2.24, 2.45) is 5.92 Å². The Hall–Kier alpha value is -2.97. The number of hydrogen-bond acceptors (Lipinski definition) is 5. The number of halogens is 1. The predicted molar refractivity (Wildman–Crippen MR) is 112 cm³/mol. The number of carboxylic acid groups (broad SMARTS) is 1. The minimum absolute atomic E-state index is 0.241. The molecule has 1 saturated heterocycles. The van der Waals surface area contributed by atoms with Gasteiger partial charge in [-0.3, -0.25) is 19.2 Å². The second kappa shape index (κ2) is 9.45. The summed E-state index contributed by atoms with van der Waals surface area (Å²) in [6.45, 7) is 4.28. The first-order chi connectivity index (χ1) is 14.7. The zero-order valence-electron chi connectivity index (χ0n) is 17.8. The molecule has 2 atom stereocenters. The van der Waals surface area contributed by atoms with Gasteiger partial charge in [0.1, 0.15) is 18.8 Å². The van der Waals surface area contributed by atoms with Crippen LogP contribution in [0.15, 0.2) is 18.2 Å². The van der Waals surface area contributed by atoms with Gasteiger partial charge in [-0.1, -0.05) is 19.9 Å². The number of benzene rings is 1. The Kier molecular flexibility index (Phi) is 6.92. The van der Waals surface area contributed by atoms with Crippen molar-refractivity contribution in [2.45, 2.75) is 51.7 Å². The molecule has 1 aromatic carbocycles. The number of hydrogen-bond donors (Lipinski definition) is 2. The van der Waals surface area contributed by atoms with Crippen molar-refractivity contribution in [1.82, 2.24) is 10.2 Å². The summed E-state index contributed by atoms with van der Waals surface area (Å²) in [5.41, 5.74) is 2.34. The van der Waals surface area contributed by atoms with Crippen LogP contribution >= 0.6 is 0 Å². The topological polar surface area (TPSA) is 107 Å². The molecule has 0 spiro atoms. The summed E-state index contributed by atoms with van der Waals surface area (Å²) in [7, 11) is 0. The number of carboxylic acids is 1. The fraction of sp³-hybridized carbons (Fsp3) is 0.545. The van der Waals surface area contributed by atoms with Crippen LogP contribution in [-0.4, -0.2) is 65.4 Å². The van der Waals surface area contributed by atoms with E-state index in [1.54, 1.807) is 13.8 Å². The molecule has 0 aromatic heterocycles. The molecule has 0 bridgehead atoms. The Balaban J connectivity index is 1.80. The van der Waals surface area contributed by atoms with E-state index in [1.807, 2.05) is 18.2 Å². The van der Waals surface area contributed by atoms with Crippen LogP contribution in [0.25, 0.3) is 0 Å². The van der Waals surface area contributed by atoms with Gasteiger partial charge in [-0.2, -0.15) is 0 Å². The van der Waals surface area contributed by atoms with Crippen molar-refractivity contribution in [1.29, 1.82) is 0 Å². The van der Waals surface area contributed by atoms with E-state index in [1.165, 1.54) is 4.90 Å². The predicted octanol–water partition coefficient (Wildman–Crippen LogP) is 1.77. The maximum absolute atomic E-state index is 13.2. The van der Waals surface area contributed by atoms with Crippen LogP contribution in [0.4, 0.5) is 10.1 Å². The lowest BCUT2D eigenvalue weighted by Crippen LogP contribution is -2.54. The molecule has 31 heavy (non-hydrogen) atoms. The van der Waals surface area contributed by atoms with Gasteiger partial charge in [0.15, 0.2) is 5.78 Å². The Morgan fingerprint density at radius 1 is 1.19 bits per heavy atom. The van der Waals surface area contributed by atoms with Gasteiger partial charge in [-0.15, -0.1) is 0 Å². The highest BCUT2D eigenvalue weighted by Crippen LogP contribution is 2.31. The van der Waals surface area contributed by atoms with Gasteiger partial charge < -0.3 is 20.2 Å². The summed E-state index contributed by atoms with van der Waals surface area (Å²) in [6, 6.07) is 3.35. The number of ketones is 1. The highest BCUT2D eigenvalue weighted by atomic mass is 19.1. The molecule has 1 unspecified atom stereocenters. The van der Waals surface area contributed by atoms with E-state index in [0.717, 1.165) is 37.2 Å². The molecule has 1 fully saturated rings. The van der Waals surface area contributed by atoms with Crippen molar-refractivity contribution in [2.75, 3.05) is 24.7 Å². The molecule has 168 valence electrons. The van der Waals surface area contributed by atoms with E-state index in [4.69, 9.17) is 5.11 Å². The van der Waals surface area contributed by atoms with Crippen molar-refractivity contribution in [3.05, 3.63) is 29.3 Å². The number of amides is 2. The number of carbonyl (C=O) groups excluding carboxylic acids is 3. The minimum Gasteiger partial charge on any atom is -0.481 e. The van der Waals surface area contributed by atoms with Gasteiger partial charge >= 0.3 is 5.97 Å². The molecule has 2 aliphatic rings. The molecule has 8 nitrogen and oxygen atoms in total. The van der Waals surface area contributed by atoms with Crippen LogP contribution in [0.2, 0.25) is 0 Å². The Bertz CT molecular complexity index is 882. The molecule has 9 heteroatoms. The van der Waals surface area contributed by atoms with Gasteiger partial charge in [-0.25, -0.2) is 4.39 Å². The molecule has 3 rings (SSSR count). The second-order valence-corrected chi connectivity index (χ2v) is 8.42. The summed E-state index contributed by atoms with van der Waals surface area (Å²) in [4.78, 5) is 52.6. The summed E-state index contributed by atoms with van der Waals surface area (Å²) in [5.74, 6) is -3.58. The third-order valence-corrected chi connectivity index (χ3v) is 5.85. The summed E-state index contributed by atoms with van der Waals surface area (Å²) < 4.78 is 12.8. The van der Waals surface area contributed by atoms with Gasteiger partial charge in [0.05, 0.1) is 6.42 Å². The van der Waals surface area contributed by atoms with Crippen LogP contribution in [0.5, 0.6) is 0 Å². The number of carbonyl (C=O) groups is 4. The second-order valence-electron chi connectivity index (χ2n) is 8.42. The number of fused-ring (bicyclic) bond motifs is 1. The Labute approximate surface area is 180 Å². The van der Waals surface area contributed by atoms with Gasteiger partial charge in [0.25, 0.3) is 5.91 Å². The number of anilines is 1. The highest BCUT2D eigenvalue weighted by molar-refractivity contribution is 6.02. The summed E-state index contributed by atoms with van der Waals surface area (Å²) in [6.07, 6.45) is 1.51. The molecule has 0 saturated carbocycles. The SMILES string of the molecule is CC(C)[C@@H](C(=O)NC(CC(=O)O)C(=O)CF)N1Cc2ccc(N3CCCC3)cc2C1=O. The first-order valence-corrected chi connectivity index (χ1v) is 10.5. The fourth-order valence-corrected chi connectivity index (χ4v) is 4.28.